The number of aromatic nitrogens is 1. The molecule has 9 heteroatoms. The van der Waals surface area contributed by atoms with Gasteiger partial charge in [-0.15, -0.1) is 24.0 Å². The summed E-state index contributed by atoms with van der Waals surface area (Å²) in [5.41, 5.74) is 3.12. The SMILES string of the molecule is CCNC(=NCc1ccccc1CN1CCOCC1)NCC(=O)Nc1cccnc1.I. The van der Waals surface area contributed by atoms with Crippen LogP contribution in [0.2, 0.25) is 0 Å². The normalized spacial score (nSPS) is 14.4. The van der Waals surface area contributed by atoms with Gasteiger partial charge in [0.15, 0.2) is 5.96 Å². The maximum absolute atomic E-state index is 12.2. The van der Waals surface area contributed by atoms with E-state index < -0.39 is 0 Å². The topological polar surface area (TPSA) is 90.9 Å². The largest absolute Gasteiger partial charge is 0.379 e. The number of amides is 1. The molecule has 1 aromatic heterocycles. The molecule has 2 heterocycles. The van der Waals surface area contributed by atoms with Crippen molar-refractivity contribution in [3.63, 3.8) is 0 Å². The number of aliphatic imine (C=N–C) groups is 1. The zero-order chi connectivity index (χ0) is 21.0. The number of morpholine rings is 1. The van der Waals surface area contributed by atoms with Crippen LogP contribution in [-0.4, -0.2) is 61.1 Å². The fraction of sp³-hybridized carbons (Fsp3) is 0.409. The van der Waals surface area contributed by atoms with Crippen LogP contribution in [0.25, 0.3) is 0 Å². The summed E-state index contributed by atoms with van der Waals surface area (Å²) in [4.78, 5) is 23.2. The van der Waals surface area contributed by atoms with Gasteiger partial charge in [-0.05, 0) is 30.2 Å². The summed E-state index contributed by atoms with van der Waals surface area (Å²) in [5, 5.41) is 9.09. The van der Waals surface area contributed by atoms with Crippen LogP contribution in [0.15, 0.2) is 53.8 Å². The highest BCUT2D eigenvalue weighted by atomic mass is 127. The molecule has 1 fully saturated rings. The molecule has 0 aliphatic carbocycles. The Morgan fingerprint density at radius 1 is 1.13 bits per heavy atom. The number of nitrogens with one attached hydrogen (secondary N) is 3. The molecule has 0 bridgehead atoms. The number of carbonyl (C=O) groups excluding carboxylic acids is 1. The first-order valence-corrected chi connectivity index (χ1v) is 10.3. The number of rotatable bonds is 8. The predicted octanol–water partition coefficient (Wildman–Crippen LogP) is 2.23. The third-order valence-electron chi connectivity index (χ3n) is 4.73. The first-order chi connectivity index (χ1) is 14.7. The van der Waals surface area contributed by atoms with Crippen molar-refractivity contribution in [2.75, 3.05) is 44.7 Å². The first-order valence-electron chi connectivity index (χ1n) is 10.3. The second-order valence-electron chi connectivity index (χ2n) is 7.00. The Labute approximate surface area is 200 Å². The number of hydrogen-bond donors (Lipinski definition) is 3. The van der Waals surface area contributed by atoms with E-state index in [0.717, 1.165) is 32.8 Å². The Hall–Kier alpha value is -2.24. The molecule has 8 nitrogen and oxygen atoms in total. The molecule has 0 atom stereocenters. The maximum atomic E-state index is 12.2. The molecule has 1 aliphatic rings. The highest BCUT2D eigenvalue weighted by Gasteiger charge is 2.12. The van der Waals surface area contributed by atoms with Gasteiger partial charge in [-0.2, -0.15) is 0 Å². The van der Waals surface area contributed by atoms with Crippen LogP contribution >= 0.6 is 24.0 Å². The number of guanidine groups is 1. The number of nitrogens with zero attached hydrogens (tertiary/aromatic N) is 3. The Kier molecular flexibility index (Phi) is 11.3. The minimum atomic E-state index is -0.152. The van der Waals surface area contributed by atoms with Crippen molar-refractivity contribution in [1.29, 1.82) is 0 Å². The van der Waals surface area contributed by atoms with E-state index in [9.17, 15) is 4.79 Å². The van der Waals surface area contributed by atoms with Gasteiger partial charge >= 0.3 is 0 Å². The highest BCUT2D eigenvalue weighted by Crippen LogP contribution is 2.14. The average molecular weight is 538 g/mol. The molecule has 2 aromatic rings. The summed E-state index contributed by atoms with van der Waals surface area (Å²) in [6.45, 7) is 7.75. The third kappa shape index (κ3) is 8.80. The number of carbonyl (C=O) groups is 1. The van der Waals surface area contributed by atoms with Crippen LogP contribution in [0.4, 0.5) is 5.69 Å². The van der Waals surface area contributed by atoms with Crippen molar-refractivity contribution < 1.29 is 9.53 Å². The molecule has 31 heavy (non-hydrogen) atoms. The lowest BCUT2D eigenvalue weighted by atomic mass is 10.1. The molecule has 0 saturated carbocycles. The monoisotopic (exact) mass is 538 g/mol. The van der Waals surface area contributed by atoms with E-state index in [2.05, 4.69) is 49.0 Å². The molecular weight excluding hydrogens is 507 g/mol. The number of pyridine rings is 1. The van der Waals surface area contributed by atoms with Crippen LogP contribution in [0, 0.1) is 0 Å². The zero-order valence-corrected chi connectivity index (χ0v) is 20.2. The highest BCUT2D eigenvalue weighted by molar-refractivity contribution is 14.0. The van der Waals surface area contributed by atoms with Crippen molar-refractivity contribution in [2.24, 2.45) is 4.99 Å². The van der Waals surface area contributed by atoms with E-state index in [1.807, 2.05) is 13.0 Å². The molecule has 0 radical (unpaired) electrons. The minimum Gasteiger partial charge on any atom is -0.379 e. The van der Waals surface area contributed by atoms with Crippen LogP contribution < -0.4 is 16.0 Å². The van der Waals surface area contributed by atoms with E-state index in [-0.39, 0.29) is 36.4 Å². The van der Waals surface area contributed by atoms with Crippen molar-refractivity contribution in [3.8, 4) is 0 Å². The van der Waals surface area contributed by atoms with E-state index in [1.165, 1.54) is 11.1 Å². The second kappa shape index (κ2) is 13.9. The maximum Gasteiger partial charge on any atom is 0.243 e. The lowest BCUT2D eigenvalue weighted by molar-refractivity contribution is -0.115. The van der Waals surface area contributed by atoms with Crippen molar-refractivity contribution in [1.82, 2.24) is 20.5 Å². The molecule has 1 saturated heterocycles. The number of hydrogen-bond acceptors (Lipinski definition) is 5. The summed E-state index contributed by atoms with van der Waals surface area (Å²) in [6.07, 6.45) is 3.28. The van der Waals surface area contributed by atoms with E-state index in [4.69, 9.17) is 4.74 Å². The van der Waals surface area contributed by atoms with E-state index in [1.54, 1.807) is 24.5 Å². The summed E-state index contributed by atoms with van der Waals surface area (Å²) >= 11 is 0. The van der Waals surface area contributed by atoms with Gasteiger partial charge in [0.25, 0.3) is 0 Å². The molecule has 0 unspecified atom stereocenters. The lowest BCUT2D eigenvalue weighted by Crippen LogP contribution is -2.41. The van der Waals surface area contributed by atoms with Gasteiger partial charge in [0.2, 0.25) is 5.91 Å². The van der Waals surface area contributed by atoms with Crippen molar-refractivity contribution in [2.45, 2.75) is 20.0 Å². The average Bonchev–Trinajstić information content (AvgIpc) is 2.78. The molecule has 168 valence electrons. The van der Waals surface area contributed by atoms with Crippen LogP contribution in [0.5, 0.6) is 0 Å². The minimum absolute atomic E-state index is 0. The molecule has 1 aromatic carbocycles. The molecule has 3 rings (SSSR count). The Morgan fingerprint density at radius 3 is 2.61 bits per heavy atom. The Balaban J connectivity index is 0.00000341. The summed E-state index contributed by atoms with van der Waals surface area (Å²) in [7, 11) is 0. The fourth-order valence-corrected chi connectivity index (χ4v) is 3.18. The van der Waals surface area contributed by atoms with E-state index >= 15 is 0 Å². The van der Waals surface area contributed by atoms with Crippen LogP contribution in [0.3, 0.4) is 0 Å². The zero-order valence-electron chi connectivity index (χ0n) is 17.8. The number of benzene rings is 1. The number of halogens is 1. The lowest BCUT2D eigenvalue weighted by Gasteiger charge is -2.27. The van der Waals surface area contributed by atoms with Crippen LogP contribution in [0.1, 0.15) is 18.1 Å². The standard InChI is InChI=1S/C22H30N6O2.HI/c1-2-24-22(26-16-21(29)27-20-8-5-9-23-15-20)25-14-18-6-3-4-7-19(18)17-28-10-12-30-13-11-28;/h3-9,15H,2,10-14,16-17H2,1H3,(H,27,29)(H2,24,25,26);1H. The van der Waals surface area contributed by atoms with Gasteiger partial charge in [0.05, 0.1) is 38.2 Å². The van der Waals surface area contributed by atoms with Crippen LogP contribution in [-0.2, 0) is 22.6 Å². The quantitative estimate of drug-likeness (QED) is 0.272. The number of ether oxygens (including phenoxy) is 1. The van der Waals surface area contributed by atoms with Gasteiger partial charge in [-0.1, -0.05) is 24.3 Å². The summed E-state index contributed by atoms with van der Waals surface area (Å²) < 4.78 is 5.44. The smallest absolute Gasteiger partial charge is 0.243 e. The van der Waals surface area contributed by atoms with Gasteiger partial charge in [0.1, 0.15) is 0 Å². The van der Waals surface area contributed by atoms with Gasteiger partial charge in [-0.3, -0.25) is 14.7 Å². The predicted molar refractivity (Wildman–Crippen MR) is 134 cm³/mol. The van der Waals surface area contributed by atoms with Gasteiger partial charge in [-0.25, -0.2) is 4.99 Å². The Morgan fingerprint density at radius 2 is 1.90 bits per heavy atom. The number of anilines is 1. The second-order valence-corrected chi connectivity index (χ2v) is 7.00. The Bertz CT molecular complexity index is 828. The molecule has 1 amide bonds. The molecule has 3 N–H and O–H groups in total. The summed E-state index contributed by atoms with van der Waals surface area (Å²) in [6, 6.07) is 11.9. The van der Waals surface area contributed by atoms with Crippen molar-refractivity contribution >= 4 is 41.5 Å². The summed E-state index contributed by atoms with van der Waals surface area (Å²) in [5.74, 6) is 0.460. The fourth-order valence-electron chi connectivity index (χ4n) is 3.18. The van der Waals surface area contributed by atoms with Gasteiger partial charge in [0, 0.05) is 32.4 Å². The van der Waals surface area contributed by atoms with Crippen molar-refractivity contribution in [3.05, 3.63) is 59.9 Å². The third-order valence-corrected chi connectivity index (χ3v) is 4.73. The van der Waals surface area contributed by atoms with Gasteiger partial charge < -0.3 is 20.7 Å². The van der Waals surface area contributed by atoms with E-state index in [0.29, 0.717) is 24.7 Å². The molecular formula is C22H31IN6O2. The molecule has 1 aliphatic heterocycles. The first kappa shape index (κ1) is 25.0. The molecule has 0 spiro atoms.